The number of rotatable bonds is 1. The van der Waals surface area contributed by atoms with Crippen LogP contribution >= 0.6 is 22.9 Å². The van der Waals surface area contributed by atoms with Crippen molar-refractivity contribution in [3.8, 4) is 0 Å². The van der Waals surface area contributed by atoms with Gasteiger partial charge in [-0.2, -0.15) is 5.10 Å². The minimum Gasteiger partial charge on any atom is -0.384 e. The van der Waals surface area contributed by atoms with Crippen LogP contribution in [0.4, 0.5) is 0 Å². The van der Waals surface area contributed by atoms with Crippen molar-refractivity contribution >= 4 is 22.9 Å². The Kier molecular flexibility index (Phi) is 2.24. The Bertz CT molecular complexity index is 242. The van der Waals surface area contributed by atoms with Gasteiger partial charge in [0.2, 0.25) is 0 Å². The second-order valence-electron chi connectivity index (χ2n) is 3.09. The third kappa shape index (κ3) is 1.93. The minimum absolute atomic E-state index is 0.712. The van der Waals surface area contributed by atoms with Crippen LogP contribution in [0.5, 0.6) is 0 Å². The van der Waals surface area contributed by atoms with Crippen molar-refractivity contribution in [1.82, 2.24) is 7.99 Å². The molecule has 0 fully saturated rings. The van der Waals surface area contributed by atoms with E-state index in [4.69, 9.17) is 0 Å². The van der Waals surface area contributed by atoms with E-state index in [9.17, 15) is 5.11 Å². The monoisotopic (exact) mass is 266 g/mol. The Hall–Kier alpha value is -0.100. The molecule has 0 bridgehead atoms. The zero-order chi connectivity index (χ0) is 8.65. The van der Waals surface area contributed by atoms with Gasteiger partial charge in [-0.15, -0.1) is 0 Å². The van der Waals surface area contributed by atoms with Crippen LogP contribution in [-0.4, -0.2) is 13.1 Å². The maximum Gasteiger partial charge on any atom is 0.103 e. The van der Waals surface area contributed by atoms with Crippen molar-refractivity contribution in [3.63, 3.8) is 0 Å². The summed E-state index contributed by atoms with van der Waals surface area (Å²) in [6.45, 7) is 5.41. The lowest BCUT2D eigenvalue weighted by atomic mass is 10.1. The van der Waals surface area contributed by atoms with Crippen LogP contribution in [0.3, 0.4) is 0 Å². The quantitative estimate of drug-likeness (QED) is 0.784. The van der Waals surface area contributed by atoms with Gasteiger partial charge in [-0.05, 0) is 26.8 Å². The molecule has 1 N–H and O–H groups in total. The molecule has 11 heavy (non-hydrogen) atoms. The highest BCUT2D eigenvalue weighted by atomic mass is 127. The molecule has 0 aliphatic rings. The van der Waals surface area contributed by atoms with E-state index in [0.29, 0.717) is 5.69 Å². The molecule has 0 atom stereocenters. The molecule has 4 heteroatoms. The Morgan fingerprint density at radius 1 is 1.64 bits per heavy atom. The van der Waals surface area contributed by atoms with Crippen molar-refractivity contribution in [2.24, 2.45) is 0 Å². The summed E-state index contributed by atoms with van der Waals surface area (Å²) in [6, 6.07) is 1.88. The van der Waals surface area contributed by atoms with Gasteiger partial charge in [-0.3, -0.25) is 0 Å². The Labute approximate surface area is 79.9 Å². The summed E-state index contributed by atoms with van der Waals surface area (Å²) in [5.41, 5.74) is 0.924. The van der Waals surface area contributed by atoms with E-state index >= 15 is 0 Å². The van der Waals surface area contributed by atoms with Crippen LogP contribution in [0.15, 0.2) is 6.07 Å². The summed E-state index contributed by atoms with van der Waals surface area (Å²) < 4.78 is 1.73. The van der Waals surface area contributed by atoms with Crippen LogP contribution in [0.25, 0.3) is 0 Å². The zero-order valence-corrected chi connectivity index (χ0v) is 8.95. The maximum atomic E-state index is 9.55. The SMILES string of the molecule is Cc1cc(C(C)(C)O)nn1I. The first kappa shape index (κ1) is 8.99. The van der Waals surface area contributed by atoms with Crippen LogP contribution in [0.1, 0.15) is 25.2 Å². The molecule has 0 radical (unpaired) electrons. The standard InChI is InChI=1S/C7H11IN2O/c1-5-4-6(7(2,3)11)9-10(5)8/h4,11H,1-3H3. The Balaban J connectivity index is 3.08. The average molecular weight is 266 g/mol. The number of aryl methyl sites for hydroxylation is 1. The van der Waals surface area contributed by atoms with E-state index in [1.807, 2.05) is 13.0 Å². The van der Waals surface area contributed by atoms with Crippen LogP contribution in [0.2, 0.25) is 0 Å². The average Bonchev–Trinajstić information content (AvgIpc) is 2.11. The van der Waals surface area contributed by atoms with E-state index in [0.717, 1.165) is 5.69 Å². The summed E-state index contributed by atoms with van der Waals surface area (Å²) in [7, 11) is 0. The molecular formula is C7H11IN2O. The highest BCUT2D eigenvalue weighted by Crippen LogP contribution is 2.19. The molecule has 1 heterocycles. The van der Waals surface area contributed by atoms with Gasteiger partial charge in [-0.25, -0.2) is 2.90 Å². The normalized spacial score (nSPS) is 12.1. The van der Waals surface area contributed by atoms with Crippen molar-refractivity contribution in [2.45, 2.75) is 26.4 Å². The Morgan fingerprint density at radius 2 is 2.18 bits per heavy atom. The first-order chi connectivity index (χ1) is 4.91. The largest absolute Gasteiger partial charge is 0.384 e. The molecule has 1 rings (SSSR count). The molecule has 0 aliphatic carbocycles. The lowest BCUT2D eigenvalue weighted by Crippen LogP contribution is -2.16. The summed E-state index contributed by atoms with van der Waals surface area (Å²) in [5.74, 6) is 0. The molecule has 0 amide bonds. The number of hydrogen-bond acceptors (Lipinski definition) is 2. The second kappa shape index (κ2) is 2.75. The summed E-state index contributed by atoms with van der Waals surface area (Å²) >= 11 is 2.08. The van der Waals surface area contributed by atoms with Gasteiger partial charge in [0.05, 0.1) is 28.6 Å². The molecule has 3 nitrogen and oxygen atoms in total. The first-order valence-electron chi connectivity index (χ1n) is 3.37. The smallest absolute Gasteiger partial charge is 0.103 e. The molecular weight excluding hydrogens is 255 g/mol. The van der Waals surface area contributed by atoms with E-state index in [-0.39, 0.29) is 0 Å². The second-order valence-corrected chi connectivity index (χ2v) is 4.00. The van der Waals surface area contributed by atoms with E-state index in [2.05, 4.69) is 28.0 Å². The zero-order valence-electron chi connectivity index (χ0n) is 6.80. The maximum absolute atomic E-state index is 9.55. The highest BCUT2D eigenvalue weighted by molar-refractivity contribution is 14.1. The van der Waals surface area contributed by atoms with E-state index < -0.39 is 5.60 Å². The minimum atomic E-state index is -0.832. The predicted molar refractivity (Wildman–Crippen MR) is 51.6 cm³/mol. The molecule has 0 saturated heterocycles. The number of aliphatic hydroxyl groups is 1. The van der Waals surface area contributed by atoms with Gasteiger partial charge in [0.15, 0.2) is 0 Å². The van der Waals surface area contributed by atoms with Crippen molar-refractivity contribution in [3.05, 3.63) is 17.5 Å². The highest BCUT2D eigenvalue weighted by Gasteiger charge is 2.19. The number of aromatic nitrogens is 2. The van der Waals surface area contributed by atoms with Crippen LogP contribution < -0.4 is 0 Å². The number of hydrogen-bond donors (Lipinski definition) is 1. The van der Waals surface area contributed by atoms with Crippen molar-refractivity contribution < 1.29 is 5.11 Å². The molecule has 0 aromatic carbocycles. The van der Waals surface area contributed by atoms with Crippen LogP contribution in [-0.2, 0) is 5.60 Å². The molecule has 0 aliphatic heterocycles. The van der Waals surface area contributed by atoms with Crippen molar-refractivity contribution in [2.75, 3.05) is 0 Å². The topological polar surface area (TPSA) is 38.1 Å². The van der Waals surface area contributed by atoms with Gasteiger partial charge < -0.3 is 5.11 Å². The lowest BCUT2D eigenvalue weighted by molar-refractivity contribution is 0.0737. The first-order valence-corrected chi connectivity index (χ1v) is 4.33. The van der Waals surface area contributed by atoms with Crippen molar-refractivity contribution in [1.29, 1.82) is 0 Å². The summed E-state index contributed by atoms with van der Waals surface area (Å²) in [6.07, 6.45) is 0. The molecule has 1 aromatic heterocycles. The van der Waals surface area contributed by atoms with Gasteiger partial charge >= 0.3 is 0 Å². The summed E-state index contributed by atoms with van der Waals surface area (Å²) in [4.78, 5) is 0. The fraction of sp³-hybridized carbons (Fsp3) is 0.571. The molecule has 62 valence electrons. The van der Waals surface area contributed by atoms with E-state index in [1.54, 1.807) is 16.7 Å². The summed E-state index contributed by atoms with van der Waals surface area (Å²) in [5, 5.41) is 13.7. The molecule has 0 saturated carbocycles. The predicted octanol–water partition coefficient (Wildman–Crippen LogP) is 1.62. The fourth-order valence-corrected chi connectivity index (χ4v) is 1.12. The fourth-order valence-electron chi connectivity index (χ4n) is 0.752. The van der Waals surface area contributed by atoms with Gasteiger partial charge in [0.25, 0.3) is 0 Å². The number of nitrogens with zero attached hydrogens (tertiary/aromatic N) is 2. The van der Waals surface area contributed by atoms with Gasteiger partial charge in [0, 0.05) is 5.69 Å². The van der Waals surface area contributed by atoms with E-state index in [1.165, 1.54) is 0 Å². The lowest BCUT2D eigenvalue weighted by Gasteiger charge is -2.12. The molecule has 1 aromatic rings. The number of halogens is 1. The third-order valence-corrected chi connectivity index (χ3v) is 2.44. The van der Waals surface area contributed by atoms with Crippen LogP contribution in [0, 0.1) is 6.92 Å². The molecule has 0 unspecified atom stereocenters. The Morgan fingerprint density at radius 3 is 2.36 bits per heavy atom. The van der Waals surface area contributed by atoms with Gasteiger partial charge in [-0.1, -0.05) is 0 Å². The van der Waals surface area contributed by atoms with Gasteiger partial charge in [0.1, 0.15) is 5.60 Å². The molecule has 0 spiro atoms. The third-order valence-electron chi connectivity index (χ3n) is 1.46.